The van der Waals surface area contributed by atoms with Crippen molar-refractivity contribution in [3.63, 3.8) is 0 Å². The van der Waals surface area contributed by atoms with E-state index in [-0.39, 0.29) is 11.3 Å². The van der Waals surface area contributed by atoms with Crippen LogP contribution in [0.3, 0.4) is 0 Å². The summed E-state index contributed by atoms with van der Waals surface area (Å²) in [4.78, 5) is 12.4. The predicted molar refractivity (Wildman–Crippen MR) is 97.4 cm³/mol. The Bertz CT molecular complexity index is 843. The smallest absolute Gasteiger partial charge is 0.266 e. The lowest BCUT2D eigenvalue weighted by Gasteiger charge is -2.11. The van der Waals surface area contributed by atoms with Crippen LogP contribution in [0.25, 0.3) is 6.08 Å². The number of nitrogens with zero attached hydrogens (tertiary/aromatic N) is 1. The van der Waals surface area contributed by atoms with E-state index in [9.17, 15) is 15.2 Å². The second-order valence-electron chi connectivity index (χ2n) is 5.54. The Morgan fingerprint density at radius 3 is 2.52 bits per heavy atom. The van der Waals surface area contributed by atoms with Crippen LogP contribution in [-0.4, -0.2) is 17.6 Å². The molecule has 128 valence electrons. The second kappa shape index (κ2) is 8.02. The summed E-state index contributed by atoms with van der Waals surface area (Å²) in [5.74, 6) is -0.0533. The van der Waals surface area contributed by atoms with Gasteiger partial charge in [-0.3, -0.25) is 4.79 Å². The largest absolute Gasteiger partial charge is 0.507 e. The fourth-order valence-corrected chi connectivity index (χ4v) is 2.40. The van der Waals surface area contributed by atoms with Crippen LogP contribution in [0, 0.1) is 25.2 Å². The summed E-state index contributed by atoms with van der Waals surface area (Å²) in [5.41, 5.74) is 2.78. The molecule has 0 aliphatic carbocycles. The second-order valence-corrected chi connectivity index (χ2v) is 5.54. The molecule has 2 aromatic rings. The fourth-order valence-electron chi connectivity index (χ4n) is 2.40. The van der Waals surface area contributed by atoms with E-state index in [0.29, 0.717) is 23.6 Å². The Labute approximate surface area is 147 Å². The maximum absolute atomic E-state index is 12.4. The number of hydrogen-bond donors (Lipinski definition) is 2. The lowest BCUT2D eigenvalue weighted by molar-refractivity contribution is -0.112. The van der Waals surface area contributed by atoms with Gasteiger partial charge in [0, 0.05) is 17.3 Å². The zero-order valence-corrected chi connectivity index (χ0v) is 14.5. The van der Waals surface area contributed by atoms with E-state index >= 15 is 0 Å². The first-order chi connectivity index (χ1) is 12.0. The standard InChI is InChI=1S/C20H20N2O3/c1-4-25-17-9-8-15(18(23)11-17)10-16(12-21)20(24)22-19-13(2)6-5-7-14(19)3/h5-11,23H,4H2,1-3H3,(H,22,24)/b16-10+. The molecular formula is C20H20N2O3. The Morgan fingerprint density at radius 2 is 1.96 bits per heavy atom. The highest BCUT2D eigenvalue weighted by molar-refractivity contribution is 6.10. The van der Waals surface area contributed by atoms with Gasteiger partial charge in [0.05, 0.1) is 6.61 Å². The topological polar surface area (TPSA) is 82.3 Å². The van der Waals surface area contributed by atoms with Gasteiger partial charge in [-0.15, -0.1) is 0 Å². The molecule has 0 spiro atoms. The first kappa shape index (κ1) is 18.1. The summed E-state index contributed by atoms with van der Waals surface area (Å²) < 4.78 is 5.30. The highest BCUT2D eigenvalue weighted by atomic mass is 16.5. The molecule has 0 aliphatic heterocycles. The van der Waals surface area contributed by atoms with Gasteiger partial charge in [0.2, 0.25) is 0 Å². The van der Waals surface area contributed by atoms with Crippen molar-refractivity contribution in [1.29, 1.82) is 5.26 Å². The number of aromatic hydroxyl groups is 1. The van der Waals surface area contributed by atoms with Crippen LogP contribution in [0.4, 0.5) is 5.69 Å². The minimum atomic E-state index is -0.520. The van der Waals surface area contributed by atoms with Crippen LogP contribution in [0.5, 0.6) is 11.5 Å². The summed E-state index contributed by atoms with van der Waals surface area (Å²) in [6.07, 6.45) is 1.36. The predicted octanol–water partition coefficient (Wildman–Crippen LogP) is 3.95. The van der Waals surface area contributed by atoms with Crippen LogP contribution < -0.4 is 10.1 Å². The molecule has 0 saturated carbocycles. The van der Waals surface area contributed by atoms with Crippen molar-refractivity contribution >= 4 is 17.7 Å². The summed E-state index contributed by atoms with van der Waals surface area (Å²) in [7, 11) is 0. The molecule has 0 aromatic heterocycles. The normalized spacial score (nSPS) is 10.9. The van der Waals surface area contributed by atoms with E-state index in [4.69, 9.17) is 4.74 Å². The molecule has 0 unspecified atom stereocenters. The van der Waals surface area contributed by atoms with E-state index in [2.05, 4.69) is 5.32 Å². The first-order valence-electron chi connectivity index (χ1n) is 7.91. The number of nitriles is 1. The van der Waals surface area contributed by atoms with Gasteiger partial charge in [0.1, 0.15) is 23.1 Å². The molecule has 0 aliphatic rings. The molecular weight excluding hydrogens is 316 g/mol. The fraction of sp³-hybridized carbons (Fsp3) is 0.200. The molecule has 2 aromatic carbocycles. The zero-order valence-electron chi connectivity index (χ0n) is 14.5. The molecule has 2 N–H and O–H groups in total. The number of nitrogens with one attached hydrogen (secondary N) is 1. The Morgan fingerprint density at radius 1 is 1.28 bits per heavy atom. The highest BCUT2D eigenvalue weighted by Crippen LogP contribution is 2.26. The van der Waals surface area contributed by atoms with Gasteiger partial charge in [-0.2, -0.15) is 5.26 Å². The monoisotopic (exact) mass is 336 g/mol. The van der Waals surface area contributed by atoms with Crippen molar-refractivity contribution in [3.05, 3.63) is 58.7 Å². The molecule has 1 amide bonds. The number of carbonyl (C=O) groups excluding carboxylic acids is 1. The summed E-state index contributed by atoms with van der Waals surface area (Å²) in [6.45, 7) is 6.10. The zero-order chi connectivity index (χ0) is 18.4. The lowest BCUT2D eigenvalue weighted by Crippen LogP contribution is -2.15. The number of amides is 1. The van der Waals surface area contributed by atoms with Gasteiger partial charge >= 0.3 is 0 Å². The number of phenols is 1. The number of hydrogen-bond acceptors (Lipinski definition) is 4. The highest BCUT2D eigenvalue weighted by Gasteiger charge is 2.13. The number of ether oxygens (including phenoxy) is 1. The molecule has 0 heterocycles. The van der Waals surface area contributed by atoms with Gasteiger partial charge in [0.15, 0.2) is 0 Å². The van der Waals surface area contributed by atoms with Gasteiger partial charge < -0.3 is 15.2 Å². The third-order valence-corrected chi connectivity index (χ3v) is 3.70. The number of phenolic OH excluding ortho intramolecular Hbond substituents is 1. The van der Waals surface area contributed by atoms with Crippen LogP contribution >= 0.6 is 0 Å². The molecule has 25 heavy (non-hydrogen) atoms. The number of benzene rings is 2. The van der Waals surface area contributed by atoms with Crippen molar-refractivity contribution in [2.45, 2.75) is 20.8 Å². The minimum Gasteiger partial charge on any atom is -0.507 e. The Balaban J connectivity index is 2.28. The van der Waals surface area contributed by atoms with Crippen LogP contribution in [0.15, 0.2) is 42.0 Å². The van der Waals surface area contributed by atoms with Crippen molar-refractivity contribution in [2.24, 2.45) is 0 Å². The molecule has 0 fully saturated rings. The van der Waals surface area contributed by atoms with E-state index < -0.39 is 5.91 Å². The van der Waals surface area contributed by atoms with E-state index in [1.54, 1.807) is 12.1 Å². The number of carbonyl (C=O) groups is 1. The average Bonchev–Trinajstić information content (AvgIpc) is 2.58. The summed E-state index contributed by atoms with van der Waals surface area (Å²) in [5, 5.41) is 22.1. The van der Waals surface area contributed by atoms with Gasteiger partial charge in [0.25, 0.3) is 5.91 Å². The third-order valence-electron chi connectivity index (χ3n) is 3.70. The molecule has 5 nitrogen and oxygen atoms in total. The van der Waals surface area contributed by atoms with Crippen LogP contribution in [0.2, 0.25) is 0 Å². The third kappa shape index (κ3) is 4.39. The minimum absolute atomic E-state index is 0.0569. The average molecular weight is 336 g/mol. The van der Waals surface area contributed by atoms with Crippen molar-refractivity contribution < 1.29 is 14.6 Å². The van der Waals surface area contributed by atoms with Crippen molar-refractivity contribution in [2.75, 3.05) is 11.9 Å². The summed E-state index contributed by atoms with van der Waals surface area (Å²) in [6, 6.07) is 12.3. The molecule has 0 bridgehead atoms. The van der Waals surface area contributed by atoms with Crippen LogP contribution in [0.1, 0.15) is 23.6 Å². The molecule has 0 saturated heterocycles. The van der Waals surface area contributed by atoms with Gasteiger partial charge in [-0.05, 0) is 50.1 Å². The molecule has 5 heteroatoms. The van der Waals surface area contributed by atoms with Crippen LogP contribution in [-0.2, 0) is 4.79 Å². The summed E-state index contributed by atoms with van der Waals surface area (Å²) >= 11 is 0. The number of anilines is 1. The number of rotatable bonds is 5. The SMILES string of the molecule is CCOc1ccc(/C=C(\C#N)C(=O)Nc2c(C)cccc2C)c(O)c1. The maximum atomic E-state index is 12.4. The Kier molecular flexibility index (Phi) is 5.80. The molecule has 2 rings (SSSR count). The number of para-hydroxylation sites is 1. The van der Waals surface area contributed by atoms with Crippen molar-refractivity contribution in [1.82, 2.24) is 0 Å². The number of aryl methyl sites for hydroxylation is 2. The lowest BCUT2D eigenvalue weighted by atomic mass is 10.1. The molecule has 0 radical (unpaired) electrons. The molecule has 0 atom stereocenters. The van der Waals surface area contributed by atoms with Gasteiger partial charge in [-0.25, -0.2) is 0 Å². The van der Waals surface area contributed by atoms with E-state index in [0.717, 1.165) is 11.1 Å². The first-order valence-corrected chi connectivity index (χ1v) is 7.91. The Hall–Kier alpha value is -3.26. The maximum Gasteiger partial charge on any atom is 0.266 e. The van der Waals surface area contributed by atoms with Crippen molar-refractivity contribution in [3.8, 4) is 17.6 Å². The van der Waals surface area contributed by atoms with E-state index in [1.807, 2.05) is 45.0 Å². The van der Waals surface area contributed by atoms with E-state index in [1.165, 1.54) is 12.1 Å². The quantitative estimate of drug-likeness (QED) is 0.640. The van der Waals surface area contributed by atoms with Gasteiger partial charge in [-0.1, -0.05) is 18.2 Å².